The minimum Gasteiger partial charge on any atom is -0.335 e. The third-order valence-electron chi connectivity index (χ3n) is 2.79. The number of alkyl halides is 4. The monoisotopic (exact) mass is 280 g/mol. The van der Waals surface area contributed by atoms with Gasteiger partial charge < -0.3 is 4.90 Å². The number of pyridine rings is 1. The number of rotatable bonds is 1. The highest BCUT2D eigenvalue weighted by molar-refractivity contribution is 5.94. The van der Waals surface area contributed by atoms with E-state index in [2.05, 4.69) is 4.98 Å². The first-order valence-electron chi connectivity index (χ1n) is 5.46. The van der Waals surface area contributed by atoms with Crippen LogP contribution in [-0.2, 0) is 6.18 Å². The summed E-state index contributed by atoms with van der Waals surface area (Å²) in [5, 5.41) is 0. The minimum atomic E-state index is -4.78. The van der Waals surface area contributed by atoms with Crippen LogP contribution in [0.1, 0.15) is 22.5 Å². The maximum absolute atomic E-state index is 13.4. The highest BCUT2D eigenvalue weighted by Crippen LogP contribution is 2.28. The van der Waals surface area contributed by atoms with Crippen molar-refractivity contribution in [1.82, 2.24) is 9.88 Å². The SMILES string of the molecule is O=C(c1ccc(C(F)(F)F)nc1F)N1CC[C@@H](F)C1. The standard InChI is InChI=1S/C11H9F5N2O/c12-6-3-4-18(5-6)10(19)7-1-2-8(11(14,15)16)17-9(7)13/h1-2,6H,3-5H2/t6-/m1/s1. The number of aromatic nitrogens is 1. The molecule has 1 aliphatic heterocycles. The molecule has 8 heteroatoms. The first-order valence-corrected chi connectivity index (χ1v) is 5.46. The molecule has 104 valence electrons. The Morgan fingerprint density at radius 1 is 1.37 bits per heavy atom. The molecular formula is C11H9F5N2O. The van der Waals surface area contributed by atoms with Gasteiger partial charge in [0.05, 0.1) is 12.1 Å². The Bertz CT molecular complexity index is 502. The molecule has 0 saturated carbocycles. The van der Waals surface area contributed by atoms with Crippen molar-refractivity contribution in [2.75, 3.05) is 13.1 Å². The summed E-state index contributed by atoms with van der Waals surface area (Å²) in [5.74, 6) is -2.35. The number of hydrogen-bond donors (Lipinski definition) is 0. The molecule has 0 radical (unpaired) electrons. The molecular weight excluding hydrogens is 271 g/mol. The fourth-order valence-corrected chi connectivity index (χ4v) is 1.82. The van der Waals surface area contributed by atoms with Crippen LogP contribution >= 0.6 is 0 Å². The maximum Gasteiger partial charge on any atom is 0.433 e. The number of hydrogen-bond acceptors (Lipinski definition) is 2. The normalized spacial score (nSPS) is 19.8. The highest BCUT2D eigenvalue weighted by atomic mass is 19.4. The molecule has 3 nitrogen and oxygen atoms in total. The van der Waals surface area contributed by atoms with Gasteiger partial charge in [0, 0.05) is 6.54 Å². The third-order valence-corrected chi connectivity index (χ3v) is 2.79. The van der Waals surface area contributed by atoms with Gasteiger partial charge in [-0.25, -0.2) is 9.37 Å². The van der Waals surface area contributed by atoms with Crippen molar-refractivity contribution in [2.24, 2.45) is 0 Å². The first kappa shape index (κ1) is 13.7. The van der Waals surface area contributed by atoms with Crippen LogP contribution in [0.2, 0.25) is 0 Å². The fraction of sp³-hybridized carbons (Fsp3) is 0.455. The van der Waals surface area contributed by atoms with E-state index in [-0.39, 0.29) is 19.5 Å². The lowest BCUT2D eigenvalue weighted by Crippen LogP contribution is -2.30. The first-order chi connectivity index (χ1) is 8.79. The molecule has 2 rings (SSSR count). The predicted molar refractivity (Wildman–Crippen MR) is 54.6 cm³/mol. The van der Waals surface area contributed by atoms with Crippen LogP contribution in [0.4, 0.5) is 22.0 Å². The fourth-order valence-electron chi connectivity index (χ4n) is 1.82. The molecule has 0 aliphatic carbocycles. The number of nitrogens with zero attached hydrogens (tertiary/aromatic N) is 2. The molecule has 1 aliphatic rings. The van der Waals surface area contributed by atoms with Crippen molar-refractivity contribution in [1.29, 1.82) is 0 Å². The number of amides is 1. The van der Waals surface area contributed by atoms with E-state index in [0.717, 1.165) is 11.0 Å². The van der Waals surface area contributed by atoms with Crippen molar-refractivity contribution in [3.05, 3.63) is 29.3 Å². The minimum absolute atomic E-state index is 0.112. The van der Waals surface area contributed by atoms with Crippen molar-refractivity contribution in [3.63, 3.8) is 0 Å². The highest BCUT2D eigenvalue weighted by Gasteiger charge is 2.35. The Kier molecular flexibility index (Phi) is 3.42. The van der Waals surface area contributed by atoms with Crippen molar-refractivity contribution >= 4 is 5.91 Å². The van der Waals surface area contributed by atoms with E-state index >= 15 is 0 Å². The Balaban J connectivity index is 2.24. The number of halogens is 5. The zero-order chi connectivity index (χ0) is 14.2. The van der Waals surface area contributed by atoms with Gasteiger partial charge in [-0.1, -0.05) is 0 Å². The van der Waals surface area contributed by atoms with E-state index in [4.69, 9.17) is 0 Å². The average Bonchev–Trinajstić information content (AvgIpc) is 2.73. The lowest BCUT2D eigenvalue weighted by Gasteiger charge is -2.15. The number of likely N-dealkylation sites (tertiary alicyclic amines) is 1. The molecule has 0 bridgehead atoms. The van der Waals surface area contributed by atoms with E-state index in [1.807, 2.05) is 0 Å². The molecule has 0 N–H and O–H groups in total. The van der Waals surface area contributed by atoms with Gasteiger partial charge in [0.25, 0.3) is 5.91 Å². The smallest absolute Gasteiger partial charge is 0.335 e. The summed E-state index contributed by atoms with van der Waals surface area (Å²) < 4.78 is 63.2. The number of carbonyl (C=O) groups excluding carboxylic acids is 1. The molecule has 2 heterocycles. The van der Waals surface area contributed by atoms with Crippen LogP contribution in [0.3, 0.4) is 0 Å². The second-order valence-electron chi connectivity index (χ2n) is 4.17. The molecule has 0 spiro atoms. The Hall–Kier alpha value is -1.73. The molecule has 0 aromatic carbocycles. The maximum atomic E-state index is 13.4. The summed E-state index contributed by atoms with van der Waals surface area (Å²) in [6.07, 6.45) is -5.82. The Morgan fingerprint density at radius 3 is 2.53 bits per heavy atom. The van der Waals surface area contributed by atoms with Gasteiger partial charge in [-0.3, -0.25) is 4.79 Å². The largest absolute Gasteiger partial charge is 0.433 e. The summed E-state index contributed by atoms with van der Waals surface area (Å²) in [6, 6.07) is 1.25. The van der Waals surface area contributed by atoms with Crippen LogP contribution in [0.5, 0.6) is 0 Å². The topological polar surface area (TPSA) is 33.2 Å². The van der Waals surface area contributed by atoms with Crippen molar-refractivity contribution in [3.8, 4) is 0 Å². The van der Waals surface area contributed by atoms with Crippen LogP contribution in [0.15, 0.2) is 12.1 Å². The lowest BCUT2D eigenvalue weighted by atomic mass is 10.2. The zero-order valence-electron chi connectivity index (χ0n) is 9.55. The molecule has 1 aromatic rings. The average molecular weight is 280 g/mol. The van der Waals surface area contributed by atoms with E-state index in [0.29, 0.717) is 6.07 Å². The summed E-state index contributed by atoms with van der Waals surface area (Å²) in [5.41, 5.74) is -1.99. The van der Waals surface area contributed by atoms with Gasteiger partial charge in [-0.05, 0) is 18.6 Å². The van der Waals surface area contributed by atoms with Crippen LogP contribution in [0, 0.1) is 5.95 Å². The van der Waals surface area contributed by atoms with E-state index in [1.54, 1.807) is 0 Å². The van der Waals surface area contributed by atoms with E-state index < -0.39 is 35.5 Å². The van der Waals surface area contributed by atoms with Crippen molar-refractivity contribution < 1.29 is 26.7 Å². The molecule has 1 amide bonds. The van der Waals surface area contributed by atoms with Crippen LogP contribution in [-0.4, -0.2) is 35.1 Å². The summed E-state index contributed by atoms with van der Waals surface area (Å²) >= 11 is 0. The molecule has 19 heavy (non-hydrogen) atoms. The molecule has 0 unspecified atom stereocenters. The Labute approximate surface area is 105 Å². The number of carbonyl (C=O) groups is 1. The van der Waals surface area contributed by atoms with Gasteiger partial charge in [0.1, 0.15) is 11.9 Å². The van der Waals surface area contributed by atoms with E-state index in [9.17, 15) is 26.7 Å². The molecule has 1 aromatic heterocycles. The Morgan fingerprint density at radius 2 is 2.05 bits per heavy atom. The predicted octanol–water partition coefficient (Wildman–Crippen LogP) is 2.42. The van der Waals surface area contributed by atoms with Crippen LogP contribution in [0.25, 0.3) is 0 Å². The third kappa shape index (κ3) is 2.82. The van der Waals surface area contributed by atoms with Gasteiger partial charge in [-0.2, -0.15) is 17.6 Å². The lowest BCUT2D eigenvalue weighted by molar-refractivity contribution is -0.141. The molecule has 1 saturated heterocycles. The summed E-state index contributed by atoms with van der Waals surface area (Å²) in [7, 11) is 0. The summed E-state index contributed by atoms with van der Waals surface area (Å²) in [6.45, 7) is -0.0697. The second kappa shape index (κ2) is 4.75. The quantitative estimate of drug-likeness (QED) is 0.584. The van der Waals surface area contributed by atoms with Crippen LogP contribution < -0.4 is 0 Å². The summed E-state index contributed by atoms with van der Waals surface area (Å²) in [4.78, 5) is 15.5. The van der Waals surface area contributed by atoms with Crippen molar-refractivity contribution in [2.45, 2.75) is 18.8 Å². The second-order valence-corrected chi connectivity index (χ2v) is 4.17. The zero-order valence-corrected chi connectivity index (χ0v) is 9.55. The molecule has 1 fully saturated rings. The molecule has 1 atom stereocenters. The van der Waals surface area contributed by atoms with Gasteiger partial charge >= 0.3 is 6.18 Å². The van der Waals surface area contributed by atoms with Gasteiger partial charge in [0.15, 0.2) is 0 Å². The van der Waals surface area contributed by atoms with Gasteiger partial charge in [-0.15, -0.1) is 0 Å². The van der Waals surface area contributed by atoms with E-state index in [1.165, 1.54) is 0 Å². The van der Waals surface area contributed by atoms with Gasteiger partial charge in [0.2, 0.25) is 5.95 Å².